The van der Waals surface area contributed by atoms with E-state index in [1.165, 1.54) is 0 Å². The normalized spacial score (nSPS) is 31.5. The Morgan fingerprint density at radius 2 is 1.50 bits per heavy atom. The lowest BCUT2D eigenvalue weighted by Crippen LogP contribution is -2.40. The monoisotopic (exact) mass is 179 g/mol. The first-order chi connectivity index (χ1) is 5.21. The van der Waals surface area contributed by atoms with Gasteiger partial charge in [0.2, 0.25) is 0 Å². The maximum atomic E-state index is 12.1. The molecular weight excluding hydrogens is 164 g/mol. The first kappa shape index (κ1) is 9.94. The van der Waals surface area contributed by atoms with Gasteiger partial charge in [-0.3, -0.25) is 0 Å². The average Bonchev–Trinajstić information content (AvgIpc) is 1.46. The van der Waals surface area contributed by atoms with Gasteiger partial charge in [-0.25, -0.2) is 0 Å². The molecule has 0 atom stereocenters. The molecule has 72 valence electrons. The lowest BCUT2D eigenvalue weighted by Gasteiger charge is -2.48. The van der Waals surface area contributed by atoms with Crippen molar-refractivity contribution in [3.8, 4) is 0 Å². The maximum absolute atomic E-state index is 12.1. The number of rotatable bonds is 1. The summed E-state index contributed by atoms with van der Waals surface area (Å²) in [5.74, 6) is -0.694. The number of hydrogen-bond donors (Lipinski definition) is 0. The second kappa shape index (κ2) is 2.67. The Labute approximate surface area is 71.6 Å². The van der Waals surface area contributed by atoms with Crippen molar-refractivity contribution in [2.75, 3.05) is 0 Å². The molecule has 0 aromatic heterocycles. The van der Waals surface area contributed by atoms with Gasteiger partial charge < -0.3 is 12.9 Å². The minimum Gasteiger partial charge on any atom is -0.449 e. The molecule has 0 bridgehead atoms. The van der Waals surface area contributed by atoms with Crippen LogP contribution in [-0.2, 0) is 0 Å². The molecular formula is C8H15BF3-. The van der Waals surface area contributed by atoms with Crippen LogP contribution >= 0.6 is 0 Å². The molecule has 0 N–H and O–H groups in total. The zero-order valence-corrected chi connectivity index (χ0v) is 7.78. The van der Waals surface area contributed by atoms with E-state index in [1.807, 2.05) is 20.8 Å². The van der Waals surface area contributed by atoms with Crippen LogP contribution in [-0.4, -0.2) is 6.98 Å². The summed E-state index contributed by atoms with van der Waals surface area (Å²) in [5, 5.41) is 0. The summed E-state index contributed by atoms with van der Waals surface area (Å²) in [6.45, 7) is 1.47. The fourth-order valence-corrected chi connectivity index (χ4v) is 1.68. The molecule has 0 radical (unpaired) electrons. The van der Waals surface area contributed by atoms with Crippen LogP contribution in [0.15, 0.2) is 0 Å². The van der Waals surface area contributed by atoms with Crippen LogP contribution in [0.5, 0.6) is 0 Å². The van der Waals surface area contributed by atoms with Crippen molar-refractivity contribution in [1.82, 2.24) is 0 Å². The topological polar surface area (TPSA) is 0 Å². The molecule has 1 rings (SSSR count). The van der Waals surface area contributed by atoms with Gasteiger partial charge in [0.15, 0.2) is 0 Å². The summed E-state index contributed by atoms with van der Waals surface area (Å²) in [6, 6.07) is 0. The second-order valence-corrected chi connectivity index (χ2v) is 4.92. The van der Waals surface area contributed by atoms with Crippen molar-refractivity contribution in [2.45, 2.75) is 39.4 Å². The molecule has 0 aromatic rings. The molecule has 0 aliphatic heterocycles. The predicted molar refractivity (Wildman–Crippen MR) is 45.0 cm³/mol. The van der Waals surface area contributed by atoms with Crippen molar-refractivity contribution in [1.29, 1.82) is 0 Å². The van der Waals surface area contributed by atoms with Gasteiger partial charge in [-0.2, -0.15) is 0 Å². The molecule has 0 heterocycles. The van der Waals surface area contributed by atoms with Crippen LogP contribution in [0.4, 0.5) is 12.9 Å². The predicted octanol–water partition coefficient (Wildman–Crippen LogP) is 3.66. The van der Waals surface area contributed by atoms with Crippen LogP contribution < -0.4 is 0 Å². The van der Waals surface area contributed by atoms with Crippen LogP contribution in [0.2, 0.25) is 5.82 Å². The van der Waals surface area contributed by atoms with Gasteiger partial charge >= 0.3 is 6.98 Å². The van der Waals surface area contributed by atoms with Gasteiger partial charge in [-0.15, -0.1) is 0 Å². The van der Waals surface area contributed by atoms with Crippen molar-refractivity contribution in [3.05, 3.63) is 0 Å². The molecule has 0 unspecified atom stereocenters. The van der Waals surface area contributed by atoms with Crippen molar-refractivity contribution >= 4 is 6.98 Å². The molecule has 4 heteroatoms. The first-order valence-electron chi connectivity index (χ1n) is 4.41. The molecule has 0 aromatic carbocycles. The van der Waals surface area contributed by atoms with Crippen molar-refractivity contribution in [2.24, 2.45) is 11.3 Å². The molecule has 0 saturated heterocycles. The highest BCUT2D eigenvalue weighted by Crippen LogP contribution is 2.53. The Balaban J connectivity index is 2.39. The van der Waals surface area contributed by atoms with E-state index in [0.29, 0.717) is 12.8 Å². The van der Waals surface area contributed by atoms with Crippen LogP contribution in [0.3, 0.4) is 0 Å². The number of hydrogen-bond acceptors (Lipinski definition) is 0. The largest absolute Gasteiger partial charge is 0.481 e. The van der Waals surface area contributed by atoms with E-state index in [9.17, 15) is 12.9 Å². The van der Waals surface area contributed by atoms with E-state index in [0.717, 1.165) is 0 Å². The third-order valence-electron chi connectivity index (χ3n) is 2.93. The Hall–Kier alpha value is -0.145. The molecule has 12 heavy (non-hydrogen) atoms. The third kappa shape index (κ3) is 1.96. The standard InChI is InChI=1S/C8H15BF3/c1-8(2,3)6-4-7(5-6)9(10,11)12/h6-7H,4-5H2,1-3H3/q-1. The second-order valence-electron chi connectivity index (χ2n) is 4.92. The third-order valence-corrected chi connectivity index (χ3v) is 2.93. The summed E-state index contributed by atoms with van der Waals surface area (Å²) < 4.78 is 36.4. The van der Waals surface area contributed by atoms with Gasteiger partial charge in [0.25, 0.3) is 0 Å². The summed E-state index contributed by atoms with van der Waals surface area (Å²) in [4.78, 5) is 0. The number of halogens is 3. The van der Waals surface area contributed by atoms with Crippen LogP contribution in [0.25, 0.3) is 0 Å². The molecule has 1 saturated carbocycles. The lowest BCUT2D eigenvalue weighted by atomic mass is 9.51. The highest BCUT2D eigenvalue weighted by atomic mass is 19.4. The highest BCUT2D eigenvalue weighted by molar-refractivity contribution is 6.60. The Morgan fingerprint density at radius 3 is 1.75 bits per heavy atom. The minimum atomic E-state index is -4.56. The molecule has 0 amide bonds. The van der Waals surface area contributed by atoms with E-state index in [4.69, 9.17) is 0 Å². The Kier molecular flexibility index (Phi) is 2.21. The summed E-state index contributed by atoms with van der Waals surface area (Å²) in [5.41, 5.74) is 0.0534. The summed E-state index contributed by atoms with van der Waals surface area (Å²) >= 11 is 0. The van der Waals surface area contributed by atoms with E-state index in [1.54, 1.807) is 0 Å². The molecule has 1 fully saturated rings. The minimum absolute atomic E-state index is 0.0534. The van der Waals surface area contributed by atoms with Gasteiger partial charge in [0.1, 0.15) is 0 Å². The highest BCUT2D eigenvalue weighted by Gasteiger charge is 2.46. The van der Waals surface area contributed by atoms with Gasteiger partial charge in [0, 0.05) is 0 Å². The van der Waals surface area contributed by atoms with E-state index >= 15 is 0 Å². The molecule has 0 spiro atoms. The van der Waals surface area contributed by atoms with Crippen molar-refractivity contribution < 1.29 is 12.9 Å². The van der Waals surface area contributed by atoms with E-state index < -0.39 is 12.8 Å². The molecule has 1 aliphatic carbocycles. The zero-order valence-electron chi connectivity index (χ0n) is 7.78. The van der Waals surface area contributed by atoms with Gasteiger partial charge in [-0.05, 0) is 11.3 Å². The Bertz CT molecular complexity index is 144. The smallest absolute Gasteiger partial charge is 0.449 e. The average molecular weight is 179 g/mol. The maximum Gasteiger partial charge on any atom is 0.481 e. The van der Waals surface area contributed by atoms with Crippen molar-refractivity contribution in [3.63, 3.8) is 0 Å². The quantitative estimate of drug-likeness (QED) is 0.538. The van der Waals surface area contributed by atoms with Gasteiger partial charge in [0.05, 0.1) is 0 Å². The van der Waals surface area contributed by atoms with Crippen LogP contribution in [0, 0.1) is 11.3 Å². The summed E-state index contributed by atoms with van der Waals surface area (Å²) in [6.07, 6.45) is 0.708. The SMILES string of the molecule is CC(C)(C)C1CC([B-](F)(F)F)C1. The lowest BCUT2D eigenvalue weighted by molar-refractivity contribution is 0.122. The van der Waals surface area contributed by atoms with E-state index in [2.05, 4.69) is 0 Å². The van der Waals surface area contributed by atoms with Crippen LogP contribution in [0.1, 0.15) is 33.6 Å². The van der Waals surface area contributed by atoms with E-state index in [-0.39, 0.29) is 11.3 Å². The fourth-order valence-electron chi connectivity index (χ4n) is 1.68. The molecule has 0 nitrogen and oxygen atoms in total. The first-order valence-corrected chi connectivity index (χ1v) is 4.41. The fraction of sp³-hybridized carbons (Fsp3) is 1.00. The van der Waals surface area contributed by atoms with Gasteiger partial charge in [-0.1, -0.05) is 39.4 Å². The zero-order chi connectivity index (χ0) is 9.57. The Morgan fingerprint density at radius 1 is 1.08 bits per heavy atom. The summed E-state index contributed by atoms with van der Waals surface area (Å²) in [7, 11) is 0. The molecule has 1 aliphatic rings.